The predicted molar refractivity (Wildman–Crippen MR) is 121 cm³/mol. The lowest BCUT2D eigenvalue weighted by atomic mass is 10.2. The molecule has 31 heavy (non-hydrogen) atoms. The maximum Gasteiger partial charge on any atom is 0.283 e. The number of fused-ring (bicyclic) bond motifs is 1. The molecule has 4 rings (SSSR count). The number of nitrogens with one attached hydrogen (secondary N) is 1. The number of anilines is 1. The van der Waals surface area contributed by atoms with Gasteiger partial charge in [0, 0.05) is 23.8 Å². The quantitative estimate of drug-likeness (QED) is 0.217. The molecule has 0 aliphatic heterocycles. The van der Waals surface area contributed by atoms with Gasteiger partial charge >= 0.3 is 0 Å². The van der Waals surface area contributed by atoms with E-state index in [2.05, 4.69) is 15.5 Å². The molecule has 0 radical (unpaired) electrons. The Morgan fingerprint density at radius 3 is 2.48 bits per heavy atom. The molecular formula is C20H13N5O4S2. The highest BCUT2D eigenvalue weighted by Crippen LogP contribution is 2.38. The number of hydrogen-bond acceptors (Lipinski definition) is 9. The van der Waals surface area contributed by atoms with Gasteiger partial charge in [0.1, 0.15) is 0 Å². The van der Waals surface area contributed by atoms with Crippen molar-refractivity contribution in [1.29, 1.82) is 0 Å². The number of nitrogens with zero attached hydrogens (tertiary/aromatic N) is 4. The van der Waals surface area contributed by atoms with E-state index in [-0.39, 0.29) is 11.4 Å². The number of hydrogen-bond donors (Lipinski definition) is 1. The molecular weight excluding hydrogens is 438 g/mol. The second kappa shape index (κ2) is 8.90. The second-order valence-electron chi connectivity index (χ2n) is 6.21. The van der Waals surface area contributed by atoms with Crippen LogP contribution in [0.2, 0.25) is 0 Å². The molecule has 0 unspecified atom stereocenters. The van der Waals surface area contributed by atoms with Gasteiger partial charge in [0.15, 0.2) is 4.34 Å². The summed E-state index contributed by atoms with van der Waals surface area (Å²) < 4.78 is 1.75. The average Bonchev–Trinajstić information content (AvgIpc) is 3.17. The van der Waals surface area contributed by atoms with Gasteiger partial charge in [0.25, 0.3) is 11.4 Å². The van der Waals surface area contributed by atoms with Gasteiger partial charge in [-0.25, -0.2) is 4.98 Å². The zero-order chi connectivity index (χ0) is 21.8. The molecule has 0 aliphatic rings. The van der Waals surface area contributed by atoms with Crippen molar-refractivity contribution in [2.75, 3.05) is 5.43 Å². The Hall–Kier alpha value is -3.83. The third-order valence-corrected chi connectivity index (χ3v) is 6.30. The smallest absolute Gasteiger partial charge is 0.278 e. The van der Waals surface area contributed by atoms with Crippen molar-refractivity contribution in [1.82, 2.24) is 4.98 Å². The Balaban J connectivity index is 1.50. The summed E-state index contributed by atoms with van der Waals surface area (Å²) in [6.45, 7) is 0. The largest absolute Gasteiger partial charge is 0.283 e. The molecule has 0 spiro atoms. The fourth-order valence-electron chi connectivity index (χ4n) is 2.67. The molecule has 4 aromatic rings. The van der Waals surface area contributed by atoms with Crippen LogP contribution < -0.4 is 5.43 Å². The first-order chi connectivity index (χ1) is 15.0. The summed E-state index contributed by atoms with van der Waals surface area (Å²) in [5, 5.41) is 26.3. The fourth-order valence-corrected chi connectivity index (χ4v) is 4.78. The van der Waals surface area contributed by atoms with E-state index in [1.807, 2.05) is 24.3 Å². The second-order valence-corrected chi connectivity index (χ2v) is 8.53. The van der Waals surface area contributed by atoms with Crippen molar-refractivity contribution in [3.63, 3.8) is 0 Å². The summed E-state index contributed by atoms with van der Waals surface area (Å²) in [6, 6.07) is 18.3. The van der Waals surface area contributed by atoms with Crippen molar-refractivity contribution in [2.45, 2.75) is 9.24 Å². The Morgan fingerprint density at radius 2 is 1.77 bits per heavy atom. The van der Waals surface area contributed by atoms with Crippen LogP contribution in [0.15, 0.2) is 81.1 Å². The first kappa shape index (κ1) is 20.4. The average molecular weight is 451 g/mol. The number of nitro groups is 2. The molecule has 3 aromatic carbocycles. The normalized spacial score (nSPS) is 11.1. The molecule has 0 bridgehead atoms. The molecule has 0 aliphatic carbocycles. The standard InChI is InChI=1S/C20H13N5O4S2/c26-24(27)15-8-6-14(7-9-15)23-21-12-13-5-10-19(17(11-13)25(28)29)31-20-22-16-3-1-2-4-18(16)30-20/h1-12,23H. The van der Waals surface area contributed by atoms with Crippen LogP contribution in [0.25, 0.3) is 10.2 Å². The molecule has 154 valence electrons. The summed E-state index contributed by atoms with van der Waals surface area (Å²) in [5.41, 5.74) is 4.63. The van der Waals surface area contributed by atoms with Crippen molar-refractivity contribution in [2.24, 2.45) is 5.10 Å². The Labute approximate surface area is 183 Å². The summed E-state index contributed by atoms with van der Waals surface area (Å²) in [7, 11) is 0. The number of hydrazone groups is 1. The van der Waals surface area contributed by atoms with Crippen LogP contribution in [0.3, 0.4) is 0 Å². The maximum absolute atomic E-state index is 11.6. The van der Waals surface area contributed by atoms with E-state index in [0.29, 0.717) is 16.1 Å². The Kier molecular flexibility index (Phi) is 5.87. The minimum absolute atomic E-state index is 0.0219. The SMILES string of the molecule is O=[N+]([O-])c1ccc(NN=Cc2ccc(Sc3nc4ccccc4s3)c([N+](=O)[O-])c2)cc1. The Bertz CT molecular complexity index is 1270. The van der Waals surface area contributed by atoms with Crippen molar-refractivity contribution in [3.8, 4) is 0 Å². The first-order valence-corrected chi connectivity index (χ1v) is 10.5. The van der Waals surface area contributed by atoms with Gasteiger partial charge in [-0.2, -0.15) is 5.10 Å². The molecule has 0 saturated heterocycles. The van der Waals surface area contributed by atoms with Crippen LogP contribution in [-0.2, 0) is 0 Å². The topological polar surface area (TPSA) is 124 Å². The molecule has 0 fully saturated rings. The molecule has 11 heteroatoms. The molecule has 1 heterocycles. The lowest BCUT2D eigenvalue weighted by molar-refractivity contribution is -0.387. The summed E-state index contributed by atoms with van der Waals surface area (Å²) in [5.74, 6) is 0. The van der Waals surface area contributed by atoms with E-state index in [9.17, 15) is 20.2 Å². The van der Waals surface area contributed by atoms with Gasteiger partial charge in [-0.3, -0.25) is 25.7 Å². The minimum atomic E-state index is -0.486. The van der Waals surface area contributed by atoms with Crippen LogP contribution in [-0.4, -0.2) is 21.0 Å². The third kappa shape index (κ3) is 4.85. The zero-order valence-corrected chi connectivity index (χ0v) is 17.3. The molecule has 9 nitrogen and oxygen atoms in total. The predicted octanol–water partition coefficient (Wildman–Crippen LogP) is 5.71. The van der Waals surface area contributed by atoms with Crippen LogP contribution in [0.4, 0.5) is 17.1 Å². The monoisotopic (exact) mass is 451 g/mol. The van der Waals surface area contributed by atoms with Crippen molar-refractivity contribution >= 4 is 56.6 Å². The molecule has 1 N–H and O–H groups in total. The van der Waals surface area contributed by atoms with Gasteiger partial charge in [-0.1, -0.05) is 30.0 Å². The van der Waals surface area contributed by atoms with Gasteiger partial charge in [-0.05, 0) is 30.3 Å². The molecule has 0 atom stereocenters. The highest BCUT2D eigenvalue weighted by Gasteiger charge is 2.17. The van der Waals surface area contributed by atoms with E-state index in [1.165, 1.54) is 59.6 Å². The highest BCUT2D eigenvalue weighted by atomic mass is 32.2. The number of benzene rings is 3. The molecule has 0 saturated carbocycles. The first-order valence-electron chi connectivity index (χ1n) is 8.85. The zero-order valence-electron chi connectivity index (χ0n) is 15.7. The molecule has 0 amide bonds. The van der Waals surface area contributed by atoms with Crippen LogP contribution in [0, 0.1) is 20.2 Å². The van der Waals surface area contributed by atoms with E-state index in [4.69, 9.17) is 0 Å². The number of non-ortho nitro benzene ring substituents is 1. The summed E-state index contributed by atoms with van der Waals surface area (Å²) in [6.07, 6.45) is 1.44. The Morgan fingerprint density at radius 1 is 1.00 bits per heavy atom. The van der Waals surface area contributed by atoms with Gasteiger partial charge in [-0.15, -0.1) is 11.3 Å². The number of rotatable bonds is 7. The minimum Gasteiger partial charge on any atom is -0.278 e. The highest BCUT2D eigenvalue weighted by molar-refractivity contribution is 8.01. The number of para-hydroxylation sites is 1. The van der Waals surface area contributed by atoms with Gasteiger partial charge < -0.3 is 0 Å². The third-order valence-electron chi connectivity index (χ3n) is 4.14. The van der Waals surface area contributed by atoms with Gasteiger partial charge in [0.05, 0.1) is 36.9 Å². The van der Waals surface area contributed by atoms with E-state index >= 15 is 0 Å². The van der Waals surface area contributed by atoms with Gasteiger partial charge in [0.2, 0.25) is 0 Å². The van der Waals surface area contributed by atoms with Crippen LogP contribution in [0.1, 0.15) is 5.56 Å². The van der Waals surface area contributed by atoms with Crippen LogP contribution in [0.5, 0.6) is 0 Å². The van der Waals surface area contributed by atoms with E-state index in [1.54, 1.807) is 12.1 Å². The summed E-state index contributed by atoms with van der Waals surface area (Å²) in [4.78, 5) is 26.3. The lowest BCUT2D eigenvalue weighted by Crippen LogP contribution is -1.95. The fraction of sp³-hybridized carbons (Fsp3) is 0. The number of thiazole rings is 1. The lowest BCUT2D eigenvalue weighted by Gasteiger charge is -2.02. The van der Waals surface area contributed by atoms with E-state index < -0.39 is 9.85 Å². The number of aromatic nitrogens is 1. The summed E-state index contributed by atoms with van der Waals surface area (Å²) >= 11 is 2.73. The molecule has 1 aromatic heterocycles. The van der Waals surface area contributed by atoms with Crippen molar-refractivity contribution < 1.29 is 9.85 Å². The van der Waals surface area contributed by atoms with Crippen molar-refractivity contribution in [3.05, 3.63) is 92.5 Å². The number of nitro benzene ring substituents is 2. The maximum atomic E-state index is 11.6. The van der Waals surface area contributed by atoms with E-state index in [0.717, 1.165) is 14.6 Å². The van der Waals surface area contributed by atoms with Crippen LogP contribution >= 0.6 is 23.1 Å².